The summed E-state index contributed by atoms with van der Waals surface area (Å²) in [5.41, 5.74) is 0.353. The lowest BCUT2D eigenvalue weighted by Crippen LogP contribution is -2.43. The number of carbonyl (C=O) groups is 2. The highest BCUT2D eigenvalue weighted by atomic mass is 16.7. The van der Waals surface area contributed by atoms with Crippen LogP contribution >= 0.6 is 0 Å². The second-order valence-corrected chi connectivity index (χ2v) is 7.21. The Bertz CT molecular complexity index is 550. The van der Waals surface area contributed by atoms with Crippen LogP contribution in [0.5, 0.6) is 0 Å². The Balaban J connectivity index is 2.10. The molecule has 0 aromatic heterocycles. The van der Waals surface area contributed by atoms with E-state index in [0.717, 1.165) is 24.8 Å². The van der Waals surface area contributed by atoms with Crippen LogP contribution in [0.2, 0.25) is 0 Å². The molecule has 0 N–H and O–H groups in total. The molecule has 1 saturated carbocycles. The number of benzene rings is 1. The molecule has 24 heavy (non-hydrogen) atoms. The summed E-state index contributed by atoms with van der Waals surface area (Å²) in [6.45, 7) is 5.72. The van der Waals surface area contributed by atoms with Crippen molar-refractivity contribution in [2.75, 3.05) is 0 Å². The zero-order chi connectivity index (χ0) is 17.6. The van der Waals surface area contributed by atoms with Crippen LogP contribution in [0, 0.1) is 0 Å². The summed E-state index contributed by atoms with van der Waals surface area (Å²) < 4.78 is 5.47. The molecule has 0 saturated heterocycles. The van der Waals surface area contributed by atoms with Crippen LogP contribution in [0.4, 0.5) is 4.79 Å². The second-order valence-electron chi connectivity index (χ2n) is 7.21. The SMILES string of the molecule is CC(C)(C)OC(=O)N(OCc1ccccc1)C1CCCCC(=O)C1. The molecule has 0 radical (unpaired) electrons. The average Bonchev–Trinajstić information content (AvgIpc) is 2.71. The third kappa shape index (κ3) is 5.96. The van der Waals surface area contributed by atoms with Gasteiger partial charge in [-0.2, -0.15) is 5.06 Å². The Morgan fingerprint density at radius 1 is 1.21 bits per heavy atom. The Labute approximate surface area is 143 Å². The quantitative estimate of drug-likeness (QED) is 0.610. The first kappa shape index (κ1) is 18.5. The second kappa shape index (κ2) is 8.29. The van der Waals surface area contributed by atoms with Crippen molar-refractivity contribution in [3.63, 3.8) is 0 Å². The van der Waals surface area contributed by atoms with Gasteiger partial charge in [0.05, 0.1) is 6.04 Å². The van der Waals surface area contributed by atoms with Crippen molar-refractivity contribution in [2.24, 2.45) is 0 Å². The van der Waals surface area contributed by atoms with E-state index in [1.165, 1.54) is 5.06 Å². The molecule has 0 heterocycles. The molecule has 1 aromatic carbocycles. The fourth-order valence-corrected chi connectivity index (χ4v) is 2.70. The highest BCUT2D eigenvalue weighted by molar-refractivity contribution is 5.80. The maximum atomic E-state index is 12.6. The number of hydrogen-bond donors (Lipinski definition) is 0. The summed E-state index contributed by atoms with van der Waals surface area (Å²) in [6, 6.07) is 9.38. The largest absolute Gasteiger partial charge is 0.442 e. The molecular formula is C19H27NO4. The van der Waals surface area contributed by atoms with Crippen LogP contribution in [0.3, 0.4) is 0 Å². The molecule has 132 valence electrons. The number of ketones is 1. The Morgan fingerprint density at radius 2 is 1.92 bits per heavy atom. The van der Waals surface area contributed by atoms with E-state index in [9.17, 15) is 9.59 Å². The predicted molar refractivity (Wildman–Crippen MR) is 91.2 cm³/mol. The molecule has 0 bridgehead atoms. The van der Waals surface area contributed by atoms with E-state index < -0.39 is 11.7 Å². The molecule has 1 fully saturated rings. The van der Waals surface area contributed by atoms with Gasteiger partial charge >= 0.3 is 6.09 Å². The number of hydroxylamine groups is 2. The van der Waals surface area contributed by atoms with E-state index >= 15 is 0 Å². The van der Waals surface area contributed by atoms with Crippen molar-refractivity contribution in [1.82, 2.24) is 5.06 Å². The molecule has 1 aliphatic rings. The van der Waals surface area contributed by atoms with E-state index in [1.54, 1.807) is 0 Å². The topological polar surface area (TPSA) is 55.8 Å². The number of rotatable bonds is 4. The van der Waals surface area contributed by atoms with Gasteiger partial charge in [-0.05, 0) is 39.2 Å². The van der Waals surface area contributed by atoms with E-state index in [-0.39, 0.29) is 18.4 Å². The van der Waals surface area contributed by atoms with Crippen LogP contribution in [-0.4, -0.2) is 28.6 Å². The van der Waals surface area contributed by atoms with Crippen molar-refractivity contribution < 1.29 is 19.2 Å². The Morgan fingerprint density at radius 3 is 2.58 bits per heavy atom. The summed E-state index contributed by atoms with van der Waals surface area (Å²) in [5, 5.41) is 1.28. The van der Waals surface area contributed by atoms with Crippen molar-refractivity contribution >= 4 is 11.9 Å². The summed E-state index contributed by atoms with van der Waals surface area (Å²) in [5.74, 6) is 0.175. The lowest BCUT2D eigenvalue weighted by atomic mass is 10.1. The van der Waals surface area contributed by atoms with Crippen LogP contribution in [0.1, 0.15) is 58.4 Å². The smallest absolute Gasteiger partial charge is 0.434 e. The minimum absolute atomic E-state index is 0.175. The van der Waals surface area contributed by atoms with Crippen LogP contribution in [-0.2, 0) is 21.0 Å². The fourth-order valence-electron chi connectivity index (χ4n) is 2.70. The average molecular weight is 333 g/mol. The van der Waals surface area contributed by atoms with Gasteiger partial charge in [-0.3, -0.25) is 9.63 Å². The van der Waals surface area contributed by atoms with E-state index in [0.29, 0.717) is 12.8 Å². The molecule has 5 nitrogen and oxygen atoms in total. The number of Topliss-reactive ketones (excluding diaryl/α,β-unsaturated/α-hetero) is 1. The summed E-state index contributed by atoms with van der Waals surface area (Å²) in [4.78, 5) is 30.3. The molecular weight excluding hydrogens is 306 g/mol. The van der Waals surface area contributed by atoms with Gasteiger partial charge in [0.1, 0.15) is 18.0 Å². The van der Waals surface area contributed by atoms with Crippen LogP contribution in [0.25, 0.3) is 0 Å². The van der Waals surface area contributed by atoms with E-state index in [2.05, 4.69) is 0 Å². The van der Waals surface area contributed by atoms with Crippen molar-refractivity contribution in [3.8, 4) is 0 Å². The number of amides is 1. The third-order valence-electron chi connectivity index (χ3n) is 3.82. The zero-order valence-electron chi connectivity index (χ0n) is 14.8. The Hall–Kier alpha value is -1.88. The van der Waals surface area contributed by atoms with Crippen molar-refractivity contribution in [1.29, 1.82) is 0 Å². The van der Waals surface area contributed by atoms with Gasteiger partial charge in [0.15, 0.2) is 0 Å². The molecule has 2 rings (SSSR count). The predicted octanol–water partition coefficient (Wildman–Crippen LogP) is 4.26. The fraction of sp³-hybridized carbons (Fsp3) is 0.579. The first-order valence-electron chi connectivity index (χ1n) is 8.56. The first-order valence-corrected chi connectivity index (χ1v) is 8.56. The van der Waals surface area contributed by atoms with Gasteiger partial charge in [-0.15, -0.1) is 0 Å². The van der Waals surface area contributed by atoms with E-state index in [4.69, 9.17) is 9.57 Å². The molecule has 1 atom stereocenters. The standard InChI is InChI=1S/C19H27NO4/c1-19(2,3)24-18(22)20(16-11-7-8-12-17(21)13-16)23-14-15-9-5-4-6-10-15/h4-6,9-10,16H,7-8,11-14H2,1-3H3. The zero-order valence-corrected chi connectivity index (χ0v) is 14.8. The third-order valence-corrected chi connectivity index (χ3v) is 3.82. The molecule has 0 spiro atoms. The number of nitrogens with zero attached hydrogens (tertiary/aromatic N) is 1. The lowest BCUT2D eigenvalue weighted by molar-refractivity contribution is -0.181. The number of hydrogen-bond acceptors (Lipinski definition) is 4. The highest BCUT2D eigenvalue weighted by Crippen LogP contribution is 2.23. The minimum atomic E-state index is -0.611. The molecule has 1 aliphatic carbocycles. The normalized spacial score (nSPS) is 18.8. The summed E-state index contributed by atoms with van der Waals surface area (Å²) in [6.07, 6.45) is 2.91. The molecule has 1 aromatic rings. The Kier molecular flexibility index (Phi) is 6.37. The van der Waals surface area contributed by atoms with Crippen molar-refractivity contribution in [3.05, 3.63) is 35.9 Å². The summed E-state index contributed by atoms with van der Waals surface area (Å²) >= 11 is 0. The van der Waals surface area contributed by atoms with Crippen LogP contribution < -0.4 is 0 Å². The maximum absolute atomic E-state index is 12.6. The highest BCUT2D eigenvalue weighted by Gasteiger charge is 2.32. The minimum Gasteiger partial charge on any atom is -0.442 e. The van der Waals surface area contributed by atoms with Gasteiger partial charge < -0.3 is 4.74 Å². The first-order chi connectivity index (χ1) is 11.3. The number of ether oxygens (including phenoxy) is 1. The van der Waals surface area contributed by atoms with Gasteiger partial charge in [-0.1, -0.05) is 36.8 Å². The number of carbonyl (C=O) groups excluding carboxylic acids is 2. The lowest BCUT2D eigenvalue weighted by Gasteiger charge is -2.31. The van der Waals surface area contributed by atoms with Crippen molar-refractivity contribution in [2.45, 2.75) is 71.1 Å². The van der Waals surface area contributed by atoms with Gasteiger partial charge in [0.2, 0.25) is 0 Å². The molecule has 5 heteroatoms. The monoisotopic (exact) mass is 333 g/mol. The van der Waals surface area contributed by atoms with Gasteiger partial charge in [0.25, 0.3) is 0 Å². The van der Waals surface area contributed by atoms with Gasteiger partial charge in [0, 0.05) is 12.8 Å². The summed E-state index contributed by atoms with van der Waals surface area (Å²) in [7, 11) is 0. The molecule has 1 unspecified atom stereocenters. The van der Waals surface area contributed by atoms with E-state index in [1.807, 2.05) is 51.1 Å². The van der Waals surface area contributed by atoms with Gasteiger partial charge in [-0.25, -0.2) is 4.79 Å². The molecule has 1 amide bonds. The molecule has 0 aliphatic heterocycles. The van der Waals surface area contributed by atoms with Crippen LogP contribution in [0.15, 0.2) is 30.3 Å². The maximum Gasteiger partial charge on any atom is 0.434 e.